The molecule has 3 heterocycles. The van der Waals surface area contributed by atoms with E-state index in [1.54, 1.807) is 6.33 Å². The first-order valence-electron chi connectivity index (χ1n) is 8.96. The number of hydrogen-bond donors (Lipinski definition) is 2. The summed E-state index contributed by atoms with van der Waals surface area (Å²) in [4.78, 5) is 13.5. The van der Waals surface area contributed by atoms with Crippen molar-refractivity contribution in [3.05, 3.63) is 12.7 Å². The molecular formula is C17H21N5O2. The van der Waals surface area contributed by atoms with Gasteiger partial charge in [0.15, 0.2) is 11.5 Å². The van der Waals surface area contributed by atoms with E-state index >= 15 is 0 Å². The molecular weight excluding hydrogens is 306 g/mol. The Hall–Kier alpha value is -1.73. The normalized spacial score (nSPS) is 39.9. The zero-order chi connectivity index (χ0) is 15.9. The number of fused-ring (bicyclic) bond motifs is 2. The summed E-state index contributed by atoms with van der Waals surface area (Å²) in [6.07, 6.45) is 8.33. The smallest absolute Gasteiger partial charge is 0.165 e. The van der Waals surface area contributed by atoms with Crippen LogP contribution >= 0.6 is 0 Å². The van der Waals surface area contributed by atoms with Crippen LogP contribution in [0.4, 0.5) is 5.82 Å². The van der Waals surface area contributed by atoms with Crippen LogP contribution in [0, 0.1) is 17.3 Å². The highest BCUT2D eigenvalue weighted by Crippen LogP contribution is 2.64. The molecule has 0 unspecified atom stereocenters. The van der Waals surface area contributed by atoms with Crippen molar-refractivity contribution in [1.29, 1.82) is 0 Å². The van der Waals surface area contributed by atoms with Crippen molar-refractivity contribution in [2.75, 3.05) is 18.5 Å². The van der Waals surface area contributed by atoms with Gasteiger partial charge in [0, 0.05) is 11.5 Å². The van der Waals surface area contributed by atoms with Gasteiger partial charge in [0.05, 0.1) is 31.7 Å². The average Bonchev–Trinajstić information content (AvgIpc) is 2.95. The van der Waals surface area contributed by atoms with Crippen molar-refractivity contribution in [2.24, 2.45) is 17.3 Å². The molecule has 0 radical (unpaired) electrons. The third-order valence-electron chi connectivity index (χ3n) is 6.70. The zero-order valence-corrected chi connectivity index (χ0v) is 13.4. The third-order valence-corrected chi connectivity index (χ3v) is 6.70. The molecule has 6 rings (SSSR count). The first kappa shape index (κ1) is 13.5. The van der Waals surface area contributed by atoms with Gasteiger partial charge in [-0.2, -0.15) is 0 Å². The number of anilines is 1. The highest BCUT2D eigenvalue weighted by atomic mass is 16.5. The molecule has 3 saturated carbocycles. The van der Waals surface area contributed by atoms with Crippen LogP contribution < -0.4 is 5.32 Å². The van der Waals surface area contributed by atoms with Crippen LogP contribution in [0.25, 0.3) is 11.2 Å². The molecule has 0 aromatic carbocycles. The first-order chi connectivity index (χ1) is 11.8. The lowest BCUT2D eigenvalue weighted by molar-refractivity contribution is 0.0656. The van der Waals surface area contributed by atoms with Crippen LogP contribution in [0.15, 0.2) is 12.7 Å². The number of imidazole rings is 1. The van der Waals surface area contributed by atoms with Gasteiger partial charge in [-0.25, -0.2) is 15.0 Å². The van der Waals surface area contributed by atoms with E-state index in [4.69, 9.17) is 4.74 Å². The fourth-order valence-electron chi connectivity index (χ4n) is 5.43. The molecule has 1 saturated heterocycles. The summed E-state index contributed by atoms with van der Waals surface area (Å²) in [5, 5.41) is 13.3. The zero-order valence-electron chi connectivity index (χ0n) is 13.4. The second-order valence-corrected chi connectivity index (χ2v) is 8.06. The summed E-state index contributed by atoms with van der Waals surface area (Å²) in [6, 6.07) is 0.824. The summed E-state index contributed by atoms with van der Waals surface area (Å²) in [7, 11) is 0. The van der Waals surface area contributed by atoms with Crippen molar-refractivity contribution in [2.45, 2.75) is 43.9 Å². The molecule has 0 amide bonds. The van der Waals surface area contributed by atoms with Crippen molar-refractivity contribution in [3.8, 4) is 0 Å². The minimum absolute atomic E-state index is 0.00981. The summed E-state index contributed by atoms with van der Waals surface area (Å²) in [5.74, 6) is 1.86. The molecule has 4 aliphatic rings. The van der Waals surface area contributed by atoms with Crippen LogP contribution in [0.3, 0.4) is 0 Å². The quantitative estimate of drug-likeness (QED) is 0.882. The maximum Gasteiger partial charge on any atom is 0.165 e. The van der Waals surface area contributed by atoms with Crippen molar-refractivity contribution < 1.29 is 9.84 Å². The molecule has 2 aromatic heterocycles. The van der Waals surface area contributed by atoms with Gasteiger partial charge in [0.25, 0.3) is 0 Å². The molecule has 3 aliphatic carbocycles. The highest BCUT2D eigenvalue weighted by Gasteiger charge is 2.65. The Morgan fingerprint density at radius 3 is 3.08 bits per heavy atom. The molecule has 1 aliphatic heterocycles. The fourth-order valence-corrected chi connectivity index (χ4v) is 5.43. The monoisotopic (exact) mass is 327 g/mol. The summed E-state index contributed by atoms with van der Waals surface area (Å²) in [6.45, 7) is 0.946. The standard InChI is InChI=1S/C17H21N5O2/c23-5-17-4-9-3-11(17)14(24-6-17)13(9)22-8-20-12-15(21-10-1-2-10)18-7-19-16(12)22/h7-11,13-14,23H,1-6H2,(H,18,19,21)/t9-,11-,13+,14-,17-/m1/s1. The summed E-state index contributed by atoms with van der Waals surface area (Å²) >= 11 is 0. The van der Waals surface area contributed by atoms with Crippen molar-refractivity contribution in [3.63, 3.8) is 0 Å². The Kier molecular flexibility index (Phi) is 2.52. The Labute approximate surface area is 139 Å². The predicted molar refractivity (Wildman–Crippen MR) is 86.5 cm³/mol. The molecule has 7 nitrogen and oxygen atoms in total. The Morgan fingerprint density at radius 2 is 2.25 bits per heavy atom. The van der Waals surface area contributed by atoms with Gasteiger partial charge < -0.3 is 19.7 Å². The van der Waals surface area contributed by atoms with Crippen LogP contribution in [-0.4, -0.2) is 50.0 Å². The Balaban J connectivity index is 1.41. The molecule has 0 spiro atoms. The van der Waals surface area contributed by atoms with E-state index in [9.17, 15) is 5.11 Å². The number of nitrogens with one attached hydrogen (secondary N) is 1. The second-order valence-electron chi connectivity index (χ2n) is 8.06. The van der Waals surface area contributed by atoms with E-state index < -0.39 is 0 Å². The topological polar surface area (TPSA) is 85.1 Å². The van der Waals surface area contributed by atoms with Gasteiger partial charge in [-0.15, -0.1) is 0 Å². The summed E-state index contributed by atoms with van der Waals surface area (Å²) in [5.41, 5.74) is 1.77. The number of aliphatic hydroxyl groups excluding tert-OH is 1. The third kappa shape index (κ3) is 1.61. The molecule has 4 fully saturated rings. The summed E-state index contributed by atoms with van der Waals surface area (Å²) < 4.78 is 8.35. The van der Waals surface area contributed by atoms with E-state index in [-0.39, 0.29) is 24.2 Å². The van der Waals surface area contributed by atoms with E-state index in [0.717, 1.165) is 29.8 Å². The van der Waals surface area contributed by atoms with Crippen LogP contribution in [0.2, 0.25) is 0 Å². The molecule has 7 heteroatoms. The predicted octanol–water partition coefficient (Wildman–Crippen LogP) is 1.36. The van der Waals surface area contributed by atoms with Crippen LogP contribution in [0.1, 0.15) is 31.7 Å². The van der Waals surface area contributed by atoms with Gasteiger partial charge >= 0.3 is 0 Å². The van der Waals surface area contributed by atoms with E-state index in [2.05, 4.69) is 24.8 Å². The lowest BCUT2D eigenvalue weighted by Crippen LogP contribution is -2.37. The Bertz CT molecular complexity index is 818. The minimum atomic E-state index is 0.00981. The van der Waals surface area contributed by atoms with Crippen LogP contribution in [0.5, 0.6) is 0 Å². The molecule has 5 atom stereocenters. The molecule has 24 heavy (non-hydrogen) atoms. The molecule has 2 bridgehead atoms. The van der Waals surface area contributed by atoms with E-state index in [0.29, 0.717) is 24.5 Å². The number of nitrogens with zero attached hydrogens (tertiary/aromatic N) is 4. The van der Waals surface area contributed by atoms with Gasteiger partial charge in [-0.05, 0) is 37.5 Å². The number of hydrogen-bond acceptors (Lipinski definition) is 6. The Morgan fingerprint density at radius 1 is 1.33 bits per heavy atom. The number of aliphatic hydroxyl groups is 1. The number of rotatable bonds is 4. The lowest BCUT2D eigenvalue weighted by atomic mass is 9.74. The number of ether oxygens (including phenoxy) is 1. The second kappa shape index (κ2) is 4.46. The average molecular weight is 327 g/mol. The van der Waals surface area contributed by atoms with Crippen molar-refractivity contribution in [1.82, 2.24) is 19.5 Å². The first-order valence-corrected chi connectivity index (χ1v) is 8.96. The maximum absolute atomic E-state index is 9.85. The van der Waals surface area contributed by atoms with E-state index in [1.165, 1.54) is 12.8 Å². The van der Waals surface area contributed by atoms with E-state index in [1.807, 2.05) is 6.33 Å². The fraction of sp³-hybridized carbons (Fsp3) is 0.706. The van der Waals surface area contributed by atoms with Gasteiger partial charge in [-0.1, -0.05) is 0 Å². The molecule has 2 aromatic rings. The van der Waals surface area contributed by atoms with Gasteiger partial charge in [0.2, 0.25) is 0 Å². The van der Waals surface area contributed by atoms with Crippen molar-refractivity contribution >= 4 is 17.0 Å². The lowest BCUT2D eigenvalue weighted by Gasteiger charge is -2.33. The minimum Gasteiger partial charge on any atom is -0.396 e. The van der Waals surface area contributed by atoms with Crippen LogP contribution in [-0.2, 0) is 4.74 Å². The molecule has 126 valence electrons. The molecule has 2 N–H and O–H groups in total. The van der Waals surface area contributed by atoms with Gasteiger partial charge in [0.1, 0.15) is 11.8 Å². The SMILES string of the molecule is OC[C@]12CO[C@H]3[C@@H](n4cnc5c(NC6CC6)ncnc54)[C@H](C[C@H]31)C2. The largest absolute Gasteiger partial charge is 0.396 e. The number of aromatic nitrogens is 4. The maximum atomic E-state index is 9.85. The van der Waals surface area contributed by atoms with Gasteiger partial charge in [-0.3, -0.25) is 0 Å². The highest BCUT2D eigenvalue weighted by molar-refractivity contribution is 5.83.